The summed E-state index contributed by atoms with van der Waals surface area (Å²) in [5.74, 6) is 0.482. The van der Waals surface area contributed by atoms with E-state index < -0.39 is 0 Å². The van der Waals surface area contributed by atoms with E-state index in [0.717, 1.165) is 19.0 Å². The first-order chi connectivity index (χ1) is 7.13. The van der Waals surface area contributed by atoms with Gasteiger partial charge in [0.25, 0.3) is 0 Å². The zero-order valence-electron chi connectivity index (χ0n) is 10.0. The van der Waals surface area contributed by atoms with Crippen LogP contribution in [-0.2, 0) is 14.3 Å². The van der Waals surface area contributed by atoms with E-state index in [1.165, 1.54) is 13.3 Å². The summed E-state index contributed by atoms with van der Waals surface area (Å²) in [6, 6.07) is 0. The molecule has 0 unspecified atom stereocenters. The third kappa shape index (κ3) is 13.4. The molecule has 4 nitrogen and oxygen atoms in total. The topological polar surface area (TPSA) is 47.6 Å². The fourth-order valence-electron chi connectivity index (χ4n) is 1.01. The standard InChI is InChI=1S/C11H23NO3/c1-10(2)4-5-12-6-7-14-8-9-15-11(3)13/h10,12H,4-9H2,1-3H3. The molecule has 90 valence electrons. The molecule has 0 amide bonds. The Bertz CT molecular complexity index is 160. The molecule has 0 saturated heterocycles. The highest BCUT2D eigenvalue weighted by Crippen LogP contribution is 1.95. The third-order valence-electron chi connectivity index (χ3n) is 1.85. The van der Waals surface area contributed by atoms with Crippen LogP contribution >= 0.6 is 0 Å². The van der Waals surface area contributed by atoms with Crippen LogP contribution in [0.2, 0.25) is 0 Å². The van der Waals surface area contributed by atoms with Crippen LogP contribution < -0.4 is 5.32 Å². The van der Waals surface area contributed by atoms with Gasteiger partial charge in [-0.2, -0.15) is 0 Å². The van der Waals surface area contributed by atoms with E-state index in [4.69, 9.17) is 9.47 Å². The number of esters is 1. The van der Waals surface area contributed by atoms with Crippen molar-refractivity contribution in [3.63, 3.8) is 0 Å². The lowest BCUT2D eigenvalue weighted by atomic mass is 10.1. The van der Waals surface area contributed by atoms with Crippen LogP contribution in [0.1, 0.15) is 27.2 Å². The molecule has 0 aliphatic carbocycles. The lowest BCUT2D eigenvalue weighted by Gasteiger charge is -2.07. The first-order valence-corrected chi connectivity index (χ1v) is 5.54. The molecular weight excluding hydrogens is 194 g/mol. The van der Waals surface area contributed by atoms with Crippen molar-refractivity contribution in [2.24, 2.45) is 5.92 Å². The summed E-state index contributed by atoms with van der Waals surface area (Å²) in [6.45, 7) is 9.19. The number of nitrogens with one attached hydrogen (secondary N) is 1. The summed E-state index contributed by atoms with van der Waals surface area (Å²) < 4.78 is 9.97. The number of carbonyl (C=O) groups is 1. The van der Waals surface area contributed by atoms with Crippen LogP contribution in [-0.4, -0.2) is 38.9 Å². The van der Waals surface area contributed by atoms with Crippen molar-refractivity contribution in [1.82, 2.24) is 5.32 Å². The Kier molecular flexibility index (Phi) is 9.52. The molecule has 0 aromatic rings. The summed E-state index contributed by atoms with van der Waals surface area (Å²) in [5.41, 5.74) is 0. The van der Waals surface area contributed by atoms with Gasteiger partial charge in [-0.25, -0.2) is 0 Å². The number of hydrogen-bond donors (Lipinski definition) is 1. The average molecular weight is 217 g/mol. The zero-order valence-corrected chi connectivity index (χ0v) is 10.0. The van der Waals surface area contributed by atoms with E-state index >= 15 is 0 Å². The van der Waals surface area contributed by atoms with Crippen molar-refractivity contribution in [3.8, 4) is 0 Å². The Morgan fingerprint density at radius 2 is 1.93 bits per heavy atom. The number of carbonyl (C=O) groups excluding carboxylic acids is 1. The molecule has 0 atom stereocenters. The summed E-state index contributed by atoms with van der Waals surface area (Å²) in [4.78, 5) is 10.4. The zero-order chi connectivity index (χ0) is 11.5. The highest BCUT2D eigenvalue weighted by Gasteiger charge is 1.94. The molecular formula is C11H23NO3. The largest absolute Gasteiger partial charge is 0.463 e. The highest BCUT2D eigenvalue weighted by atomic mass is 16.6. The Balaban J connectivity index is 2.96. The van der Waals surface area contributed by atoms with Crippen LogP contribution in [0.15, 0.2) is 0 Å². The second-order valence-corrected chi connectivity index (χ2v) is 3.88. The van der Waals surface area contributed by atoms with E-state index in [0.29, 0.717) is 19.8 Å². The molecule has 0 rings (SSSR count). The van der Waals surface area contributed by atoms with Crippen LogP contribution in [0.3, 0.4) is 0 Å². The lowest BCUT2D eigenvalue weighted by Crippen LogP contribution is -2.22. The van der Waals surface area contributed by atoms with Crippen molar-refractivity contribution in [2.45, 2.75) is 27.2 Å². The predicted octanol–water partition coefficient (Wildman–Crippen LogP) is 1.20. The summed E-state index contributed by atoms with van der Waals surface area (Å²) >= 11 is 0. The van der Waals surface area contributed by atoms with E-state index in [1.807, 2.05) is 0 Å². The minimum atomic E-state index is -0.256. The van der Waals surface area contributed by atoms with E-state index in [2.05, 4.69) is 19.2 Å². The summed E-state index contributed by atoms with van der Waals surface area (Å²) in [5, 5.41) is 3.28. The van der Waals surface area contributed by atoms with Gasteiger partial charge in [0.05, 0.1) is 13.2 Å². The van der Waals surface area contributed by atoms with Crippen molar-refractivity contribution in [2.75, 3.05) is 32.9 Å². The van der Waals surface area contributed by atoms with Gasteiger partial charge in [-0.1, -0.05) is 13.8 Å². The third-order valence-corrected chi connectivity index (χ3v) is 1.85. The van der Waals surface area contributed by atoms with Gasteiger partial charge in [-0.05, 0) is 18.9 Å². The van der Waals surface area contributed by atoms with Gasteiger partial charge >= 0.3 is 5.97 Å². The Morgan fingerprint density at radius 3 is 2.53 bits per heavy atom. The SMILES string of the molecule is CC(=O)OCCOCCNCCC(C)C. The molecule has 0 aromatic heterocycles. The average Bonchev–Trinajstić information content (AvgIpc) is 2.14. The second kappa shape index (κ2) is 9.93. The van der Waals surface area contributed by atoms with Gasteiger partial charge < -0.3 is 14.8 Å². The normalized spacial score (nSPS) is 10.7. The van der Waals surface area contributed by atoms with Gasteiger partial charge in [0.1, 0.15) is 6.61 Å². The number of hydrogen-bond acceptors (Lipinski definition) is 4. The maximum absolute atomic E-state index is 10.4. The molecule has 0 radical (unpaired) electrons. The van der Waals surface area contributed by atoms with E-state index in [1.54, 1.807) is 0 Å². The van der Waals surface area contributed by atoms with Crippen LogP contribution in [0, 0.1) is 5.92 Å². The van der Waals surface area contributed by atoms with Gasteiger partial charge in [0.2, 0.25) is 0 Å². The Labute approximate surface area is 92.3 Å². The monoisotopic (exact) mass is 217 g/mol. The molecule has 0 bridgehead atoms. The van der Waals surface area contributed by atoms with Gasteiger partial charge in [-0.3, -0.25) is 4.79 Å². The molecule has 0 spiro atoms. The molecule has 0 aliphatic rings. The fraction of sp³-hybridized carbons (Fsp3) is 0.909. The lowest BCUT2D eigenvalue weighted by molar-refractivity contribution is -0.142. The highest BCUT2D eigenvalue weighted by molar-refractivity contribution is 5.65. The summed E-state index contributed by atoms with van der Waals surface area (Å²) in [7, 11) is 0. The van der Waals surface area contributed by atoms with Gasteiger partial charge in [0, 0.05) is 13.5 Å². The second-order valence-electron chi connectivity index (χ2n) is 3.88. The quantitative estimate of drug-likeness (QED) is 0.466. The molecule has 4 heteroatoms. The van der Waals surface area contributed by atoms with Crippen molar-refractivity contribution < 1.29 is 14.3 Å². The molecule has 0 aliphatic heterocycles. The number of ether oxygens (including phenoxy) is 2. The van der Waals surface area contributed by atoms with Crippen LogP contribution in [0.4, 0.5) is 0 Å². The van der Waals surface area contributed by atoms with Gasteiger partial charge in [0.15, 0.2) is 0 Å². The van der Waals surface area contributed by atoms with Gasteiger partial charge in [-0.15, -0.1) is 0 Å². The maximum atomic E-state index is 10.4. The molecule has 0 fully saturated rings. The van der Waals surface area contributed by atoms with Crippen molar-refractivity contribution in [1.29, 1.82) is 0 Å². The van der Waals surface area contributed by atoms with Crippen molar-refractivity contribution in [3.05, 3.63) is 0 Å². The van der Waals surface area contributed by atoms with E-state index in [-0.39, 0.29) is 5.97 Å². The first kappa shape index (κ1) is 14.4. The smallest absolute Gasteiger partial charge is 0.302 e. The van der Waals surface area contributed by atoms with E-state index in [9.17, 15) is 4.79 Å². The molecule has 15 heavy (non-hydrogen) atoms. The molecule has 0 heterocycles. The molecule has 0 saturated carbocycles. The predicted molar refractivity (Wildman–Crippen MR) is 59.8 cm³/mol. The van der Waals surface area contributed by atoms with Crippen LogP contribution in [0.25, 0.3) is 0 Å². The summed E-state index contributed by atoms with van der Waals surface area (Å²) in [6.07, 6.45) is 1.19. The Hall–Kier alpha value is -0.610. The molecule has 1 N–H and O–H groups in total. The number of rotatable bonds is 9. The minimum Gasteiger partial charge on any atom is -0.463 e. The molecule has 0 aromatic carbocycles. The fourth-order valence-corrected chi connectivity index (χ4v) is 1.01. The first-order valence-electron chi connectivity index (χ1n) is 5.54. The maximum Gasteiger partial charge on any atom is 0.302 e. The minimum absolute atomic E-state index is 0.256. The Morgan fingerprint density at radius 1 is 1.20 bits per heavy atom. The van der Waals surface area contributed by atoms with Crippen LogP contribution in [0.5, 0.6) is 0 Å². The van der Waals surface area contributed by atoms with Crippen molar-refractivity contribution >= 4 is 5.97 Å².